The molecule has 80 valence electrons. The summed E-state index contributed by atoms with van der Waals surface area (Å²) in [4.78, 5) is 0. The summed E-state index contributed by atoms with van der Waals surface area (Å²) in [6, 6.07) is 0.302. The highest BCUT2D eigenvalue weighted by Gasteiger charge is 2.09. The van der Waals surface area contributed by atoms with E-state index in [4.69, 9.17) is 4.74 Å². The summed E-state index contributed by atoms with van der Waals surface area (Å²) < 4.78 is 6.60. The Kier molecular flexibility index (Phi) is 4.03. The van der Waals surface area contributed by atoms with Crippen molar-refractivity contribution in [3.8, 4) is 0 Å². The van der Waals surface area contributed by atoms with E-state index in [1.54, 1.807) is 11.8 Å². The highest BCUT2D eigenvalue weighted by atomic mass is 16.5. The first-order valence-corrected chi connectivity index (χ1v) is 4.71. The van der Waals surface area contributed by atoms with Gasteiger partial charge in [-0.3, -0.25) is 0 Å². The number of hydrogen-bond donors (Lipinski definition) is 1. The first-order chi connectivity index (χ1) is 6.63. The Balaban J connectivity index is 2.51. The summed E-state index contributed by atoms with van der Waals surface area (Å²) in [6.45, 7) is 4.39. The fourth-order valence-corrected chi connectivity index (χ4v) is 1.15. The number of aliphatic hydroxyl groups excluding tert-OH is 1. The van der Waals surface area contributed by atoms with Gasteiger partial charge in [0.15, 0.2) is 0 Å². The molecular weight excluding hydrogens is 182 g/mol. The van der Waals surface area contributed by atoms with Crippen molar-refractivity contribution in [2.45, 2.75) is 32.4 Å². The maximum atomic E-state index is 9.45. The van der Waals surface area contributed by atoms with Crippen molar-refractivity contribution in [2.24, 2.45) is 0 Å². The number of aromatic nitrogens is 3. The molecule has 0 spiro atoms. The molecule has 0 aromatic carbocycles. The Morgan fingerprint density at radius 2 is 2.29 bits per heavy atom. The van der Waals surface area contributed by atoms with Crippen molar-refractivity contribution in [1.82, 2.24) is 15.0 Å². The van der Waals surface area contributed by atoms with Gasteiger partial charge in [0, 0.05) is 25.8 Å². The standard InChI is InChI=1S/C9H17N3O2/c1-7(2)12-5-8(10-11-12)4-9(13)6-14-3/h5,7,9,13H,4,6H2,1-3H3. The van der Waals surface area contributed by atoms with Crippen molar-refractivity contribution in [1.29, 1.82) is 0 Å². The van der Waals surface area contributed by atoms with E-state index in [0.717, 1.165) is 5.69 Å². The molecule has 0 aliphatic rings. The largest absolute Gasteiger partial charge is 0.390 e. The molecule has 1 aromatic rings. The Labute approximate surface area is 83.7 Å². The molecule has 0 saturated heterocycles. The van der Waals surface area contributed by atoms with Gasteiger partial charge in [-0.2, -0.15) is 0 Å². The lowest BCUT2D eigenvalue weighted by atomic mass is 10.2. The zero-order valence-electron chi connectivity index (χ0n) is 8.84. The Bertz CT molecular complexity index is 273. The quantitative estimate of drug-likeness (QED) is 0.746. The van der Waals surface area contributed by atoms with Gasteiger partial charge in [-0.05, 0) is 13.8 Å². The topological polar surface area (TPSA) is 60.2 Å². The van der Waals surface area contributed by atoms with E-state index >= 15 is 0 Å². The van der Waals surface area contributed by atoms with Crippen LogP contribution in [0.5, 0.6) is 0 Å². The molecule has 1 rings (SSSR count). The van der Waals surface area contributed by atoms with Crippen LogP contribution in [0.4, 0.5) is 0 Å². The van der Waals surface area contributed by atoms with Crippen molar-refractivity contribution in [2.75, 3.05) is 13.7 Å². The number of methoxy groups -OCH3 is 1. The predicted octanol–water partition coefficient (Wildman–Crippen LogP) is 0.409. The minimum atomic E-state index is -0.502. The predicted molar refractivity (Wildman–Crippen MR) is 52.0 cm³/mol. The van der Waals surface area contributed by atoms with Crippen LogP contribution >= 0.6 is 0 Å². The first kappa shape index (κ1) is 11.1. The molecule has 1 atom stereocenters. The van der Waals surface area contributed by atoms with Crippen LogP contribution in [0, 0.1) is 0 Å². The molecule has 0 bridgehead atoms. The van der Waals surface area contributed by atoms with E-state index < -0.39 is 6.10 Å². The summed E-state index contributed by atoms with van der Waals surface area (Å²) in [5, 5.41) is 17.3. The van der Waals surface area contributed by atoms with Gasteiger partial charge in [0.05, 0.1) is 18.4 Å². The summed E-state index contributed by atoms with van der Waals surface area (Å²) in [5.41, 5.74) is 0.795. The molecule has 0 amide bonds. The summed E-state index contributed by atoms with van der Waals surface area (Å²) in [7, 11) is 1.56. The second kappa shape index (κ2) is 5.07. The fourth-order valence-electron chi connectivity index (χ4n) is 1.15. The smallest absolute Gasteiger partial charge is 0.0853 e. The molecule has 0 fully saturated rings. The zero-order valence-corrected chi connectivity index (χ0v) is 8.84. The van der Waals surface area contributed by atoms with Crippen molar-refractivity contribution in [3.63, 3.8) is 0 Å². The van der Waals surface area contributed by atoms with Gasteiger partial charge in [0.1, 0.15) is 0 Å². The highest BCUT2D eigenvalue weighted by Crippen LogP contribution is 2.04. The molecule has 1 unspecified atom stereocenters. The lowest BCUT2D eigenvalue weighted by Gasteiger charge is -2.06. The summed E-state index contributed by atoms with van der Waals surface area (Å²) >= 11 is 0. The number of aliphatic hydroxyl groups is 1. The second-order valence-electron chi connectivity index (χ2n) is 3.60. The van der Waals surface area contributed by atoms with E-state index in [1.807, 2.05) is 20.0 Å². The molecule has 5 nitrogen and oxygen atoms in total. The number of nitrogens with zero attached hydrogens (tertiary/aromatic N) is 3. The molecule has 0 aliphatic carbocycles. The first-order valence-electron chi connectivity index (χ1n) is 4.71. The number of ether oxygens (including phenoxy) is 1. The monoisotopic (exact) mass is 199 g/mol. The van der Waals surface area contributed by atoms with Crippen LogP contribution in [-0.2, 0) is 11.2 Å². The van der Waals surface area contributed by atoms with Crippen LogP contribution in [0.25, 0.3) is 0 Å². The van der Waals surface area contributed by atoms with Gasteiger partial charge in [-0.25, -0.2) is 4.68 Å². The van der Waals surface area contributed by atoms with Crippen molar-refractivity contribution < 1.29 is 9.84 Å². The Hall–Kier alpha value is -0.940. The maximum absolute atomic E-state index is 9.45. The number of hydrogen-bond acceptors (Lipinski definition) is 4. The Morgan fingerprint density at radius 3 is 2.79 bits per heavy atom. The van der Waals surface area contributed by atoms with Crippen molar-refractivity contribution >= 4 is 0 Å². The van der Waals surface area contributed by atoms with Gasteiger partial charge in [0.25, 0.3) is 0 Å². The van der Waals surface area contributed by atoms with E-state index in [1.165, 1.54) is 0 Å². The van der Waals surface area contributed by atoms with Crippen LogP contribution in [0.1, 0.15) is 25.6 Å². The molecule has 0 aliphatic heterocycles. The number of rotatable bonds is 5. The maximum Gasteiger partial charge on any atom is 0.0853 e. The van der Waals surface area contributed by atoms with Crippen LogP contribution in [0.3, 0.4) is 0 Å². The molecule has 0 saturated carbocycles. The Morgan fingerprint density at radius 1 is 1.57 bits per heavy atom. The van der Waals surface area contributed by atoms with Gasteiger partial charge in [-0.1, -0.05) is 5.21 Å². The minimum absolute atomic E-state index is 0.302. The van der Waals surface area contributed by atoms with Crippen molar-refractivity contribution in [3.05, 3.63) is 11.9 Å². The van der Waals surface area contributed by atoms with E-state index in [-0.39, 0.29) is 0 Å². The van der Waals surface area contributed by atoms with Gasteiger partial charge in [-0.15, -0.1) is 5.10 Å². The van der Waals surface area contributed by atoms with E-state index in [2.05, 4.69) is 10.3 Å². The molecule has 5 heteroatoms. The fraction of sp³-hybridized carbons (Fsp3) is 0.778. The van der Waals surface area contributed by atoms with Crippen LogP contribution in [0.15, 0.2) is 6.20 Å². The third kappa shape index (κ3) is 3.08. The van der Waals surface area contributed by atoms with Gasteiger partial charge < -0.3 is 9.84 Å². The van der Waals surface area contributed by atoms with Gasteiger partial charge in [0.2, 0.25) is 0 Å². The summed E-state index contributed by atoms with van der Waals surface area (Å²) in [6.07, 6.45) is 1.83. The lowest BCUT2D eigenvalue weighted by Crippen LogP contribution is -2.17. The third-order valence-electron chi connectivity index (χ3n) is 1.89. The van der Waals surface area contributed by atoms with Crippen LogP contribution < -0.4 is 0 Å². The third-order valence-corrected chi connectivity index (χ3v) is 1.89. The molecule has 1 aromatic heterocycles. The van der Waals surface area contributed by atoms with Gasteiger partial charge >= 0.3 is 0 Å². The minimum Gasteiger partial charge on any atom is -0.390 e. The summed E-state index contributed by atoms with van der Waals surface area (Å²) in [5.74, 6) is 0. The van der Waals surface area contributed by atoms with E-state index in [0.29, 0.717) is 19.1 Å². The molecule has 1 N–H and O–H groups in total. The second-order valence-corrected chi connectivity index (χ2v) is 3.60. The average Bonchev–Trinajstić information content (AvgIpc) is 2.53. The molecular formula is C9H17N3O2. The highest BCUT2D eigenvalue weighted by molar-refractivity contribution is 4.95. The molecule has 1 heterocycles. The lowest BCUT2D eigenvalue weighted by molar-refractivity contribution is 0.0644. The zero-order chi connectivity index (χ0) is 10.6. The average molecular weight is 199 g/mol. The van der Waals surface area contributed by atoms with E-state index in [9.17, 15) is 5.11 Å². The SMILES string of the molecule is COCC(O)Cc1cn(C(C)C)nn1. The van der Waals surface area contributed by atoms with Crippen LogP contribution in [0.2, 0.25) is 0 Å². The normalized spacial score (nSPS) is 13.5. The molecule has 14 heavy (non-hydrogen) atoms. The van der Waals surface area contributed by atoms with Crippen LogP contribution in [-0.4, -0.2) is 39.9 Å². The molecule has 0 radical (unpaired) electrons.